The van der Waals surface area contributed by atoms with Crippen LogP contribution in [0.25, 0.3) is 0 Å². The van der Waals surface area contributed by atoms with Crippen molar-refractivity contribution in [3.05, 3.63) is 15.9 Å². The molecule has 1 aliphatic rings. The molecule has 1 unspecified atom stereocenters. The van der Waals surface area contributed by atoms with E-state index in [1.807, 2.05) is 11.7 Å². The summed E-state index contributed by atoms with van der Waals surface area (Å²) in [4.78, 5) is 0. The van der Waals surface area contributed by atoms with E-state index < -0.39 is 0 Å². The van der Waals surface area contributed by atoms with Gasteiger partial charge < -0.3 is 5.73 Å². The lowest BCUT2D eigenvalue weighted by Gasteiger charge is -2.22. The fourth-order valence-corrected chi connectivity index (χ4v) is 3.95. The molecule has 3 nitrogen and oxygen atoms in total. The Balaban J connectivity index is 2.05. The minimum absolute atomic E-state index is 0.273. The maximum atomic E-state index is 6.48. The van der Waals surface area contributed by atoms with E-state index in [1.54, 1.807) is 0 Å². The quantitative estimate of drug-likeness (QED) is 0.859. The van der Waals surface area contributed by atoms with Gasteiger partial charge in [-0.1, -0.05) is 32.6 Å². The zero-order valence-electron chi connectivity index (χ0n) is 12.2. The molecule has 0 saturated heterocycles. The normalized spacial score (nSPS) is 19.4. The van der Waals surface area contributed by atoms with Crippen LogP contribution in [0.1, 0.15) is 56.8 Å². The molecule has 0 aliphatic heterocycles. The molecule has 1 heterocycles. The van der Waals surface area contributed by atoms with Gasteiger partial charge in [0.2, 0.25) is 0 Å². The summed E-state index contributed by atoms with van der Waals surface area (Å²) in [6.45, 7) is 2.14. The molecule has 1 aromatic heterocycles. The second kappa shape index (κ2) is 6.89. The maximum absolute atomic E-state index is 6.48. The maximum Gasteiger partial charge on any atom is 0.0766 e. The Labute approximate surface area is 125 Å². The summed E-state index contributed by atoms with van der Waals surface area (Å²) in [5.41, 5.74) is 8.88. The van der Waals surface area contributed by atoms with Crippen molar-refractivity contribution >= 4 is 15.9 Å². The topological polar surface area (TPSA) is 43.8 Å². The van der Waals surface area contributed by atoms with E-state index in [2.05, 4.69) is 28.0 Å². The van der Waals surface area contributed by atoms with Gasteiger partial charge >= 0.3 is 0 Å². The van der Waals surface area contributed by atoms with E-state index in [0.29, 0.717) is 5.92 Å². The highest BCUT2D eigenvalue weighted by Crippen LogP contribution is 2.28. The molecule has 2 rings (SSSR count). The van der Waals surface area contributed by atoms with E-state index in [0.717, 1.165) is 18.5 Å². The van der Waals surface area contributed by atoms with Crippen LogP contribution in [0, 0.1) is 5.92 Å². The van der Waals surface area contributed by atoms with E-state index in [1.165, 1.54) is 48.7 Å². The van der Waals surface area contributed by atoms with Crippen LogP contribution in [-0.4, -0.2) is 15.8 Å². The van der Waals surface area contributed by atoms with Gasteiger partial charge in [0.15, 0.2) is 0 Å². The number of hydrogen-bond donors (Lipinski definition) is 1. The van der Waals surface area contributed by atoms with Gasteiger partial charge in [0.25, 0.3) is 0 Å². The highest BCUT2D eigenvalue weighted by Gasteiger charge is 2.23. The van der Waals surface area contributed by atoms with Crippen LogP contribution in [-0.2, 0) is 19.9 Å². The van der Waals surface area contributed by atoms with Gasteiger partial charge in [-0.25, -0.2) is 0 Å². The highest BCUT2D eigenvalue weighted by molar-refractivity contribution is 9.10. The number of aryl methyl sites for hydroxylation is 2. The lowest BCUT2D eigenvalue weighted by Crippen LogP contribution is -2.33. The van der Waals surface area contributed by atoms with Gasteiger partial charge in [0, 0.05) is 19.5 Å². The van der Waals surface area contributed by atoms with Crippen molar-refractivity contribution in [2.75, 3.05) is 0 Å². The van der Waals surface area contributed by atoms with Crippen molar-refractivity contribution in [3.63, 3.8) is 0 Å². The number of rotatable bonds is 4. The zero-order valence-corrected chi connectivity index (χ0v) is 13.7. The molecule has 1 aliphatic carbocycles. The van der Waals surface area contributed by atoms with Crippen molar-refractivity contribution in [1.29, 1.82) is 0 Å². The van der Waals surface area contributed by atoms with E-state index >= 15 is 0 Å². The summed E-state index contributed by atoms with van der Waals surface area (Å²) >= 11 is 3.69. The second-order valence-corrected chi connectivity index (χ2v) is 6.60. The zero-order chi connectivity index (χ0) is 13.8. The molecule has 0 amide bonds. The summed E-state index contributed by atoms with van der Waals surface area (Å²) in [5, 5.41) is 4.56. The summed E-state index contributed by atoms with van der Waals surface area (Å²) in [6.07, 6.45) is 9.99. The predicted molar refractivity (Wildman–Crippen MR) is 83.2 cm³/mol. The third-order valence-corrected chi connectivity index (χ3v) is 5.35. The fourth-order valence-electron chi connectivity index (χ4n) is 3.17. The van der Waals surface area contributed by atoms with Crippen molar-refractivity contribution in [1.82, 2.24) is 9.78 Å². The van der Waals surface area contributed by atoms with E-state index in [9.17, 15) is 0 Å². The van der Waals surface area contributed by atoms with Crippen LogP contribution >= 0.6 is 15.9 Å². The monoisotopic (exact) mass is 327 g/mol. The van der Waals surface area contributed by atoms with Gasteiger partial charge in [-0.15, -0.1) is 0 Å². The number of nitrogens with two attached hydrogens (primary N) is 1. The molecular formula is C15H26BrN3. The Kier molecular flexibility index (Phi) is 5.46. The molecule has 1 atom stereocenters. The molecule has 0 bridgehead atoms. The van der Waals surface area contributed by atoms with Crippen molar-refractivity contribution in [3.8, 4) is 0 Å². The van der Waals surface area contributed by atoms with Crippen LogP contribution in [0.4, 0.5) is 0 Å². The molecule has 19 heavy (non-hydrogen) atoms. The van der Waals surface area contributed by atoms with E-state index in [-0.39, 0.29) is 6.04 Å². The Morgan fingerprint density at radius 3 is 2.47 bits per heavy atom. The molecule has 4 heteroatoms. The van der Waals surface area contributed by atoms with Crippen LogP contribution < -0.4 is 5.73 Å². The van der Waals surface area contributed by atoms with Gasteiger partial charge in [0.05, 0.1) is 15.9 Å². The molecule has 2 N–H and O–H groups in total. The van der Waals surface area contributed by atoms with Crippen LogP contribution in [0.15, 0.2) is 4.47 Å². The molecule has 1 fully saturated rings. The first-order chi connectivity index (χ1) is 9.13. The first kappa shape index (κ1) is 15.0. The lowest BCUT2D eigenvalue weighted by atomic mass is 9.89. The number of nitrogens with zero attached hydrogens (tertiary/aromatic N) is 2. The smallest absolute Gasteiger partial charge is 0.0766 e. The van der Waals surface area contributed by atoms with E-state index in [4.69, 9.17) is 5.73 Å². The van der Waals surface area contributed by atoms with Crippen LogP contribution in [0.2, 0.25) is 0 Å². The Bertz CT molecular complexity index is 406. The SMILES string of the molecule is CCc1nn(C)c(CC(N)C2CCCCCC2)c1Br. The molecule has 1 aromatic rings. The number of aromatic nitrogens is 2. The van der Waals surface area contributed by atoms with Crippen LogP contribution in [0.3, 0.4) is 0 Å². The first-order valence-electron chi connectivity index (χ1n) is 7.59. The third kappa shape index (κ3) is 3.60. The third-order valence-electron chi connectivity index (χ3n) is 4.44. The molecular weight excluding hydrogens is 302 g/mol. The largest absolute Gasteiger partial charge is 0.327 e. The summed E-state index contributed by atoms with van der Waals surface area (Å²) in [5.74, 6) is 0.689. The van der Waals surface area contributed by atoms with Crippen molar-refractivity contribution in [2.45, 2.75) is 64.3 Å². The van der Waals surface area contributed by atoms with Gasteiger partial charge in [0.1, 0.15) is 0 Å². The molecule has 0 spiro atoms. The number of hydrogen-bond acceptors (Lipinski definition) is 2. The van der Waals surface area contributed by atoms with Gasteiger partial charge in [-0.05, 0) is 41.1 Å². The van der Waals surface area contributed by atoms with Gasteiger partial charge in [-0.3, -0.25) is 4.68 Å². The first-order valence-corrected chi connectivity index (χ1v) is 8.38. The fraction of sp³-hybridized carbons (Fsp3) is 0.800. The average molecular weight is 328 g/mol. The Morgan fingerprint density at radius 1 is 1.32 bits per heavy atom. The number of halogens is 1. The second-order valence-electron chi connectivity index (χ2n) is 5.80. The predicted octanol–water partition coefficient (Wildman–Crippen LogP) is 3.59. The molecule has 108 valence electrons. The highest BCUT2D eigenvalue weighted by atomic mass is 79.9. The summed E-state index contributed by atoms with van der Waals surface area (Å²) < 4.78 is 3.17. The lowest BCUT2D eigenvalue weighted by molar-refractivity contribution is 0.367. The molecule has 0 aromatic carbocycles. The molecule has 0 radical (unpaired) electrons. The Morgan fingerprint density at radius 2 is 1.95 bits per heavy atom. The minimum Gasteiger partial charge on any atom is -0.327 e. The van der Waals surface area contributed by atoms with Crippen LogP contribution in [0.5, 0.6) is 0 Å². The molecule has 1 saturated carbocycles. The summed E-state index contributed by atoms with van der Waals surface area (Å²) in [7, 11) is 2.03. The Hall–Kier alpha value is -0.350. The standard InChI is InChI=1S/C15H26BrN3/c1-3-13-15(16)14(19(2)18-13)10-12(17)11-8-6-4-5-7-9-11/h11-12H,3-10,17H2,1-2H3. The van der Waals surface area contributed by atoms with Gasteiger partial charge in [-0.2, -0.15) is 5.10 Å². The minimum atomic E-state index is 0.273. The van der Waals surface area contributed by atoms with Crippen molar-refractivity contribution in [2.24, 2.45) is 18.7 Å². The average Bonchev–Trinajstić information content (AvgIpc) is 2.64. The summed E-state index contributed by atoms with van der Waals surface area (Å²) in [6, 6.07) is 0.273. The van der Waals surface area contributed by atoms with Crippen molar-refractivity contribution < 1.29 is 0 Å².